The highest BCUT2D eigenvalue weighted by Gasteiger charge is 2.46. The first-order chi connectivity index (χ1) is 17.8. The lowest BCUT2D eigenvalue weighted by molar-refractivity contribution is 0.0733. The van der Waals surface area contributed by atoms with Crippen LogP contribution in [0.5, 0.6) is 0 Å². The summed E-state index contributed by atoms with van der Waals surface area (Å²) in [5.41, 5.74) is 3.84. The number of sulfonamides is 1. The number of hydrogen-bond donors (Lipinski definition) is 0. The molecular weight excluding hydrogens is 500 g/mol. The average Bonchev–Trinajstić information content (AvgIpc) is 3.27. The van der Waals surface area contributed by atoms with Gasteiger partial charge in [0.25, 0.3) is 0 Å². The van der Waals surface area contributed by atoms with Crippen molar-refractivity contribution in [1.82, 2.24) is 19.1 Å². The molecule has 0 N–H and O–H groups in total. The van der Waals surface area contributed by atoms with Crippen molar-refractivity contribution in [1.29, 1.82) is 0 Å². The maximum atomic E-state index is 13.7. The van der Waals surface area contributed by atoms with E-state index in [4.69, 9.17) is 4.74 Å². The molecule has 6 rings (SSSR count). The molecule has 194 valence electrons. The maximum absolute atomic E-state index is 13.7. The van der Waals surface area contributed by atoms with E-state index in [2.05, 4.69) is 16.2 Å². The van der Waals surface area contributed by atoms with Gasteiger partial charge in [-0.2, -0.15) is 9.40 Å². The van der Waals surface area contributed by atoms with E-state index in [0.29, 0.717) is 31.7 Å². The van der Waals surface area contributed by atoms with Crippen LogP contribution in [0.25, 0.3) is 11.8 Å². The van der Waals surface area contributed by atoms with Gasteiger partial charge in [0.1, 0.15) is 16.9 Å². The number of rotatable bonds is 6. The molecule has 3 aliphatic rings. The molecule has 0 amide bonds. The lowest BCUT2D eigenvalue weighted by Gasteiger charge is -2.45. The highest BCUT2D eigenvalue weighted by Crippen LogP contribution is 2.45. The first-order valence-corrected chi connectivity index (χ1v) is 13.6. The molecule has 0 radical (unpaired) electrons. The Kier molecular flexibility index (Phi) is 5.89. The second kappa shape index (κ2) is 9.00. The van der Waals surface area contributed by atoms with Gasteiger partial charge in [0.15, 0.2) is 0 Å². The highest BCUT2D eigenvalue weighted by molar-refractivity contribution is 7.89. The number of pyridine rings is 1. The normalized spacial score (nSPS) is 22.2. The van der Waals surface area contributed by atoms with Gasteiger partial charge in [0.2, 0.25) is 10.0 Å². The van der Waals surface area contributed by atoms with Gasteiger partial charge in [-0.25, -0.2) is 21.9 Å². The van der Waals surface area contributed by atoms with Crippen molar-refractivity contribution < 1.29 is 21.9 Å². The summed E-state index contributed by atoms with van der Waals surface area (Å²) < 4.78 is 63.1. The minimum atomic E-state index is -3.83. The van der Waals surface area contributed by atoms with Crippen molar-refractivity contribution in [3.8, 4) is 5.69 Å². The number of anilines is 1. The quantitative estimate of drug-likeness (QED) is 0.490. The molecule has 0 bridgehead atoms. The summed E-state index contributed by atoms with van der Waals surface area (Å²) in [5, 5.41) is 4.54. The zero-order valence-electron chi connectivity index (χ0n) is 20.3. The molecule has 1 aliphatic carbocycles. The first kappa shape index (κ1) is 24.2. The lowest BCUT2D eigenvalue weighted by Crippen LogP contribution is -2.51. The van der Waals surface area contributed by atoms with Crippen LogP contribution in [0.2, 0.25) is 0 Å². The van der Waals surface area contributed by atoms with Crippen LogP contribution in [-0.2, 0) is 21.2 Å². The van der Waals surface area contributed by atoms with E-state index in [1.807, 2.05) is 0 Å². The van der Waals surface area contributed by atoms with Gasteiger partial charge in [-0.1, -0.05) is 5.57 Å². The fraction of sp³-hybridized carbons (Fsp3) is 0.385. The van der Waals surface area contributed by atoms with Crippen LogP contribution in [0.1, 0.15) is 17.7 Å². The summed E-state index contributed by atoms with van der Waals surface area (Å²) in [6.07, 6.45) is 7.00. The Labute approximate surface area is 214 Å². The fourth-order valence-electron chi connectivity index (χ4n) is 5.60. The Hall–Kier alpha value is -3.15. The Morgan fingerprint density at radius 3 is 2.65 bits per heavy atom. The molecule has 2 fully saturated rings. The molecule has 11 heteroatoms. The van der Waals surface area contributed by atoms with Crippen molar-refractivity contribution in [3.63, 3.8) is 0 Å². The number of hydrogen-bond acceptors (Lipinski definition) is 6. The number of alkyl halides is 1. The van der Waals surface area contributed by atoms with Crippen LogP contribution in [0.4, 0.5) is 14.5 Å². The van der Waals surface area contributed by atoms with Crippen molar-refractivity contribution >= 4 is 21.8 Å². The molecule has 37 heavy (non-hydrogen) atoms. The third-order valence-electron chi connectivity index (χ3n) is 7.55. The second-order valence-corrected chi connectivity index (χ2v) is 11.9. The maximum Gasteiger partial charge on any atom is 0.244 e. The molecule has 0 spiro atoms. The van der Waals surface area contributed by atoms with Crippen LogP contribution in [-0.4, -0.2) is 73.6 Å². The number of halogens is 2. The molecule has 8 nitrogen and oxygen atoms in total. The van der Waals surface area contributed by atoms with Crippen LogP contribution >= 0.6 is 0 Å². The smallest absolute Gasteiger partial charge is 0.244 e. The van der Waals surface area contributed by atoms with E-state index in [0.717, 1.165) is 22.5 Å². The standard InChI is InChI=1S/C26H27F2N5O3S/c1-36-17-26-10-18-11-30-33(22-4-2-20(27)3-5-22)25(18)8-19(26)6-7-32(16-26)37(34,35)24-9-23(12-29-13-24)31-14-21(28)15-31/h2-5,8-9,11-13,21H,6-7,10,14-17H2,1H3/t26-/m1/s1. The number of fused-ring (bicyclic) bond motifs is 2. The van der Waals surface area contributed by atoms with Gasteiger partial charge >= 0.3 is 0 Å². The number of benzene rings is 1. The molecule has 4 heterocycles. The van der Waals surface area contributed by atoms with Gasteiger partial charge in [-0.3, -0.25) is 4.98 Å². The molecule has 2 aliphatic heterocycles. The second-order valence-electron chi connectivity index (χ2n) is 9.97. The number of aromatic nitrogens is 3. The molecule has 3 aromatic rings. The van der Waals surface area contributed by atoms with E-state index < -0.39 is 21.6 Å². The minimum Gasteiger partial charge on any atom is -0.384 e. The predicted octanol–water partition coefficient (Wildman–Crippen LogP) is 3.23. The van der Waals surface area contributed by atoms with Gasteiger partial charge in [0.05, 0.1) is 49.2 Å². The lowest BCUT2D eigenvalue weighted by atomic mass is 9.69. The third-order valence-corrected chi connectivity index (χ3v) is 9.36. The number of ether oxygens (including phenoxy) is 1. The molecule has 1 aromatic carbocycles. The van der Waals surface area contributed by atoms with Gasteiger partial charge in [-0.05, 0) is 54.8 Å². The number of methoxy groups -OCH3 is 1. The van der Waals surface area contributed by atoms with Crippen LogP contribution < -0.4 is 4.90 Å². The Morgan fingerprint density at radius 1 is 1.14 bits per heavy atom. The number of piperidine rings is 1. The van der Waals surface area contributed by atoms with Gasteiger partial charge in [0, 0.05) is 31.8 Å². The summed E-state index contributed by atoms with van der Waals surface area (Å²) in [6.45, 7) is 1.43. The van der Waals surface area contributed by atoms with Crippen molar-refractivity contribution in [2.45, 2.75) is 23.9 Å². The van der Waals surface area contributed by atoms with Gasteiger partial charge in [-0.15, -0.1) is 0 Å². The molecule has 1 atom stereocenters. The Morgan fingerprint density at radius 2 is 1.92 bits per heavy atom. The van der Waals surface area contributed by atoms with Crippen molar-refractivity contribution in [2.75, 3.05) is 44.8 Å². The molecule has 2 saturated heterocycles. The topological polar surface area (TPSA) is 80.6 Å². The van der Waals surface area contributed by atoms with E-state index in [9.17, 15) is 17.2 Å². The minimum absolute atomic E-state index is 0.105. The third kappa shape index (κ3) is 4.14. The SMILES string of the molecule is COC[C@]12Cc3cnn(-c4ccc(F)cc4)c3C=C1CCN(S(=O)(=O)c1cncc(N3CC(F)C3)c1)C2. The number of nitrogens with zero attached hydrogens (tertiary/aromatic N) is 5. The summed E-state index contributed by atoms with van der Waals surface area (Å²) >= 11 is 0. The Balaban J connectivity index is 1.31. The van der Waals surface area contributed by atoms with E-state index >= 15 is 0 Å². The Bertz CT molecular complexity index is 1470. The monoisotopic (exact) mass is 527 g/mol. The first-order valence-electron chi connectivity index (χ1n) is 12.2. The molecule has 0 unspecified atom stereocenters. The van der Waals surface area contributed by atoms with E-state index in [-0.39, 0.29) is 30.3 Å². The van der Waals surface area contributed by atoms with Gasteiger partial charge < -0.3 is 9.64 Å². The van der Waals surface area contributed by atoms with E-state index in [1.54, 1.807) is 47.3 Å². The summed E-state index contributed by atoms with van der Waals surface area (Å²) in [7, 11) is -2.21. The molecular formula is C26H27F2N5O3S. The highest BCUT2D eigenvalue weighted by atomic mass is 32.2. The van der Waals surface area contributed by atoms with E-state index in [1.165, 1.54) is 22.6 Å². The van der Waals surface area contributed by atoms with Crippen LogP contribution in [0.3, 0.4) is 0 Å². The zero-order valence-corrected chi connectivity index (χ0v) is 21.2. The molecule has 2 aromatic heterocycles. The summed E-state index contributed by atoms with van der Waals surface area (Å²) in [6, 6.07) is 7.75. The fourth-order valence-corrected chi connectivity index (χ4v) is 7.11. The predicted molar refractivity (Wildman–Crippen MR) is 134 cm³/mol. The van der Waals surface area contributed by atoms with Crippen molar-refractivity contribution in [2.24, 2.45) is 5.41 Å². The van der Waals surface area contributed by atoms with Crippen LogP contribution in [0, 0.1) is 11.2 Å². The van der Waals surface area contributed by atoms with Crippen LogP contribution in [0.15, 0.2) is 59.4 Å². The largest absolute Gasteiger partial charge is 0.384 e. The molecule has 0 saturated carbocycles. The van der Waals surface area contributed by atoms with Crippen molar-refractivity contribution in [3.05, 3.63) is 71.6 Å². The average molecular weight is 528 g/mol. The summed E-state index contributed by atoms with van der Waals surface area (Å²) in [4.78, 5) is 6.02. The summed E-state index contributed by atoms with van der Waals surface area (Å²) in [5.74, 6) is -0.312. The zero-order chi connectivity index (χ0) is 25.8.